The van der Waals surface area contributed by atoms with Crippen molar-refractivity contribution in [2.45, 2.75) is 27.7 Å². The third-order valence-electron chi connectivity index (χ3n) is 2.09. The average molecular weight is 185 g/mol. The molecule has 0 aliphatic carbocycles. The van der Waals surface area contributed by atoms with Crippen molar-refractivity contribution in [1.82, 2.24) is 5.32 Å². The summed E-state index contributed by atoms with van der Waals surface area (Å²) in [6, 6.07) is 0. The molecule has 0 heterocycles. The third-order valence-corrected chi connectivity index (χ3v) is 2.09. The van der Waals surface area contributed by atoms with Crippen molar-refractivity contribution >= 4 is 6.41 Å². The van der Waals surface area contributed by atoms with E-state index in [1.54, 1.807) is 0 Å². The van der Waals surface area contributed by atoms with Gasteiger partial charge in [0.15, 0.2) is 0 Å². The van der Waals surface area contributed by atoms with E-state index >= 15 is 0 Å². The predicted molar refractivity (Wildman–Crippen MR) is 53.4 cm³/mol. The Morgan fingerprint density at radius 2 is 2.00 bits per heavy atom. The molecule has 0 saturated heterocycles. The van der Waals surface area contributed by atoms with Crippen LogP contribution in [0.3, 0.4) is 0 Å². The van der Waals surface area contributed by atoms with Crippen molar-refractivity contribution in [2.75, 3.05) is 6.54 Å². The normalized spacial score (nSPS) is 12.4. The van der Waals surface area contributed by atoms with E-state index in [4.69, 9.17) is 0 Å². The first-order chi connectivity index (χ1) is 6.00. The second-order valence-corrected chi connectivity index (χ2v) is 3.76. The maximum absolute atomic E-state index is 10.1. The molecule has 2 N–H and O–H groups in total. The van der Waals surface area contributed by atoms with E-state index in [1.807, 2.05) is 27.7 Å². The Bertz CT molecular complexity index is 193. The zero-order chi connectivity index (χ0) is 10.4. The van der Waals surface area contributed by atoms with Crippen LogP contribution in [0.15, 0.2) is 11.3 Å². The minimum atomic E-state index is 0.0233. The van der Waals surface area contributed by atoms with Gasteiger partial charge in [-0.15, -0.1) is 0 Å². The number of hydrogen-bond donors (Lipinski definition) is 2. The largest absolute Gasteiger partial charge is 0.512 e. The van der Waals surface area contributed by atoms with E-state index in [1.165, 1.54) is 0 Å². The summed E-state index contributed by atoms with van der Waals surface area (Å²) in [7, 11) is 0. The van der Waals surface area contributed by atoms with Gasteiger partial charge in [0, 0.05) is 12.5 Å². The molecular formula is C10H19NO2. The topological polar surface area (TPSA) is 49.3 Å². The molecule has 0 aromatic carbocycles. The molecule has 0 rings (SSSR count). The number of carbonyl (C=O) groups is 1. The molecule has 1 atom stereocenters. The van der Waals surface area contributed by atoms with Gasteiger partial charge in [0.25, 0.3) is 0 Å². The maximum Gasteiger partial charge on any atom is 0.207 e. The fourth-order valence-electron chi connectivity index (χ4n) is 1.19. The molecule has 0 radical (unpaired) electrons. The number of aliphatic hydroxyl groups excluding tert-OH is 1. The van der Waals surface area contributed by atoms with E-state index in [2.05, 4.69) is 5.32 Å². The van der Waals surface area contributed by atoms with Crippen LogP contribution in [0, 0.1) is 11.8 Å². The summed E-state index contributed by atoms with van der Waals surface area (Å²) in [5, 5.41) is 12.3. The average Bonchev–Trinajstić information content (AvgIpc) is 2.04. The number of amides is 1. The van der Waals surface area contributed by atoms with Crippen molar-refractivity contribution in [2.24, 2.45) is 11.8 Å². The minimum absolute atomic E-state index is 0.0233. The maximum atomic E-state index is 10.1. The van der Waals surface area contributed by atoms with Crippen molar-refractivity contribution in [1.29, 1.82) is 0 Å². The summed E-state index contributed by atoms with van der Waals surface area (Å²) in [5.41, 5.74) is 0.909. The summed E-state index contributed by atoms with van der Waals surface area (Å²) >= 11 is 0. The Labute approximate surface area is 79.8 Å². The van der Waals surface area contributed by atoms with Gasteiger partial charge < -0.3 is 10.4 Å². The fourth-order valence-corrected chi connectivity index (χ4v) is 1.19. The van der Waals surface area contributed by atoms with Crippen LogP contribution < -0.4 is 5.32 Å². The Balaban J connectivity index is 4.42. The molecule has 0 aliphatic rings. The lowest BCUT2D eigenvalue weighted by molar-refractivity contribution is -0.109. The summed E-state index contributed by atoms with van der Waals surface area (Å²) in [5.74, 6) is 0.738. The number of aliphatic hydroxyl groups is 1. The Kier molecular flexibility index (Phi) is 5.19. The molecule has 0 aromatic heterocycles. The lowest BCUT2D eigenvalue weighted by atomic mass is 9.92. The lowest BCUT2D eigenvalue weighted by Crippen LogP contribution is -2.27. The third kappa shape index (κ3) is 3.97. The summed E-state index contributed by atoms with van der Waals surface area (Å²) in [6.45, 7) is 8.28. The van der Waals surface area contributed by atoms with Crippen LogP contribution in [-0.4, -0.2) is 18.1 Å². The Hall–Kier alpha value is -0.990. The number of rotatable bonds is 5. The van der Waals surface area contributed by atoms with Crippen LogP contribution in [-0.2, 0) is 4.79 Å². The van der Waals surface area contributed by atoms with Crippen molar-refractivity contribution in [3.05, 3.63) is 11.3 Å². The second kappa shape index (κ2) is 5.62. The SMILES string of the molecule is CC(C)=C(O)C(CNC=O)C(C)C. The van der Waals surface area contributed by atoms with Gasteiger partial charge in [-0.2, -0.15) is 0 Å². The molecule has 0 bridgehead atoms. The molecule has 3 heteroatoms. The second-order valence-electron chi connectivity index (χ2n) is 3.76. The molecule has 1 unspecified atom stereocenters. The molecule has 0 spiro atoms. The number of allylic oxidation sites excluding steroid dienone is 1. The summed E-state index contributed by atoms with van der Waals surface area (Å²) in [4.78, 5) is 10.1. The van der Waals surface area contributed by atoms with Crippen molar-refractivity contribution in [3.8, 4) is 0 Å². The Morgan fingerprint density at radius 1 is 1.46 bits per heavy atom. The molecule has 0 aromatic rings. The van der Waals surface area contributed by atoms with E-state index in [9.17, 15) is 9.90 Å². The molecule has 1 amide bonds. The van der Waals surface area contributed by atoms with Crippen molar-refractivity contribution in [3.63, 3.8) is 0 Å². The fraction of sp³-hybridized carbons (Fsp3) is 0.700. The van der Waals surface area contributed by atoms with E-state index < -0.39 is 0 Å². The standard InChI is InChI=1S/C10H19NO2/c1-7(2)9(5-11-6-12)10(13)8(3)4/h6-7,9,13H,5H2,1-4H3,(H,11,12). The molecule has 0 saturated carbocycles. The predicted octanol–water partition coefficient (Wildman–Crippen LogP) is 1.86. The van der Waals surface area contributed by atoms with Crippen LogP contribution in [0.4, 0.5) is 0 Å². The smallest absolute Gasteiger partial charge is 0.207 e. The van der Waals surface area contributed by atoms with Crippen molar-refractivity contribution < 1.29 is 9.90 Å². The van der Waals surface area contributed by atoms with Gasteiger partial charge in [-0.1, -0.05) is 13.8 Å². The zero-order valence-electron chi connectivity index (χ0n) is 8.79. The highest BCUT2D eigenvalue weighted by Crippen LogP contribution is 2.20. The van der Waals surface area contributed by atoms with Crippen LogP contribution in [0.25, 0.3) is 0 Å². The summed E-state index contributed by atoms with van der Waals surface area (Å²) in [6.07, 6.45) is 0.660. The van der Waals surface area contributed by atoms with Gasteiger partial charge in [0.05, 0.1) is 5.76 Å². The molecule has 3 nitrogen and oxygen atoms in total. The zero-order valence-corrected chi connectivity index (χ0v) is 8.79. The van der Waals surface area contributed by atoms with Gasteiger partial charge in [0.2, 0.25) is 6.41 Å². The van der Waals surface area contributed by atoms with Gasteiger partial charge >= 0.3 is 0 Å². The van der Waals surface area contributed by atoms with Crippen LogP contribution in [0.2, 0.25) is 0 Å². The Morgan fingerprint density at radius 3 is 2.31 bits per heavy atom. The van der Waals surface area contributed by atoms with Gasteiger partial charge in [-0.25, -0.2) is 0 Å². The van der Waals surface area contributed by atoms with Gasteiger partial charge in [-0.3, -0.25) is 4.79 Å². The van der Waals surface area contributed by atoms with Gasteiger partial charge in [-0.05, 0) is 25.3 Å². The molecule has 0 fully saturated rings. The number of nitrogens with one attached hydrogen (secondary N) is 1. The quantitative estimate of drug-likeness (QED) is 0.507. The monoisotopic (exact) mass is 185 g/mol. The first-order valence-corrected chi connectivity index (χ1v) is 4.54. The number of carbonyl (C=O) groups excluding carboxylic acids is 1. The van der Waals surface area contributed by atoms with E-state index in [-0.39, 0.29) is 5.92 Å². The molecule has 76 valence electrons. The summed E-state index contributed by atoms with van der Waals surface area (Å²) < 4.78 is 0. The molecular weight excluding hydrogens is 166 g/mol. The first kappa shape index (κ1) is 12.0. The molecule has 0 aliphatic heterocycles. The highest BCUT2D eigenvalue weighted by atomic mass is 16.3. The van der Waals surface area contributed by atoms with Gasteiger partial charge in [0.1, 0.15) is 0 Å². The highest BCUT2D eigenvalue weighted by molar-refractivity contribution is 5.45. The van der Waals surface area contributed by atoms with Crippen LogP contribution in [0.1, 0.15) is 27.7 Å². The van der Waals surface area contributed by atoms with E-state index in [0.29, 0.717) is 24.6 Å². The van der Waals surface area contributed by atoms with Crippen LogP contribution in [0.5, 0.6) is 0 Å². The lowest BCUT2D eigenvalue weighted by Gasteiger charge is -2.20. The van der Waals surface area contributed by atoms with E-state index in [0.717, 1.165) is 5.57 Å². The highest BCUT2D eigenvalue weighted by Gasteiger charge is 2.18. The minimum Gasteiger partial charge on any atom is -0.512 e. The molecule has 13 heavy (non-hydrogen) atoms. The number of hydrogen-bond acceptors (Lipinski definition) is 2. The van der Waals surface area contributed by atoms with Crippen LogP contribution >= 0.6 is 0 Å². The first-order valence-electron chi connectivity index (χ1n) is 4.54.